The van der Waals surface area contributed by atoms with Crippen molar-refractivity contribution in [3.05, 3.63) is 77.9 Å². The first-order valence-electron chi connectivity index (χ1n) is 9.57. The van der Waals surface area contributed by atoms with E-state index < -0.39 is 0 Å². The smallest absolute Gasteiger partial charge is 0.254 e. The van der Waals surface area contributed by atoms with E-state index in [2.05, 4.69) is 17.3 Å². The number of allylic oxidation sites excluding steroid dienone is 2. The highest BCUT2D eigenvalue weighted by atomic mass is 16.5. The second-order valence-electron chi connectivity index (χ2n) is 7.58. The van der Waals surface area contributed by atoms with Crippen LogP contribution in [0.2, 0.25) is 0 Å². The van der Waals surface area contributed by atoms with Gasteiger partial charge in [-0.15, -0.1) is 0 Å². The zero-order valence-corrected chi connectivity index (χ0v) is 15.3. The Morgan fingerprint density at radius 3 is 2.39 bits per heavy atom. The molecule has 2 aromatic carbocycles. The van der Waals surface area contributed by atoms with Crippen LogP contribution in [0.4, 0.5) is 0 Å². The standard InChI is InChI=1S/C23H20N2O3/c26-22-20-17-9-10-18(12-17)21(20)23(27)25(22)24-13-16-7-4-8-19(11-16)28-14-15-5-2-1-3-6-15/h1-11,13,17-18,20-21H,12,14H2/b24-13-/t17-,18-,20+,21+/m0/s1. The molecule has 2 fully saturated rings. The molecule has 0 aromatic heterocycles. The van der Waals surface area contributed by atoms with E-state index >= 15 is 0 Å². The fraction of sp³-hybridized carbons (Fsp3) is 0.261. The van der Waals surface area contributed by atoms with Gasteiger partial charge in [0.2, 0.25) is 0 Å². The van der Waals surface area contributed by atoms with Crippen LogP contribution in [0.25, 0.3) is 0 Å². The molecule has 140 valence electrons. The van der Waals surface area contributed by atoms with E-state index in [4.69, 9.17) is 4.74 Å². The number of fused-ring (bicyclic) bond motifs is 5. The van der Waals surface area contributed by atoms with Crippen molar-refractivity contribution >= 4 is 18.0 Å². The number of carbonyl (C=O) groups excluding carboxylic acids is 2. The normalized spacial score (nSPS) is 27.8. The molecule has 5 nitrogen and oxygen atoms in total. The number of hydrogen-bond donors (Lipinski definition) is 0. The van der Waals surface area contributed by atoms with Crippen LogP contribution in [0.1, 0.15) is 17.5 Å². The van der Waals surface area contributed by atoms with E-state index in [9.17, 15) is 9.59 Å². The highest BCUT2D eigenvalue weighted by Crippen LogP contribution is 2.52. The number of hydrazone groups is 1. The highest BCUT2D eigenvalue weighted by molar-refractivity contribution is 6.06. The number of benzene rings is 2. The maximum atomic E-state index is 12.7. The van der Waals surface area contributed by atoms with E-state index in [1.165, 1.54) is 0 Å². The van der Waals surface area contributed by atoms with E-state index in [1.807, 2.05) is 54.6 Å². The van der Waals surface area contributed by atoms with Gasteiger partial charge in [0.05, 0.1) is 18.1 Å². The van der Waals surface area contributed by atoms with Crippen molar-refractivity contribution in [2.24, 2.45) is 28.8 Å². The quantitative estimate of drug-likeness (QED) is 0.459. The molecule has 5 rings (SSSR count). The SMILES string of the molecule is O=C1[C@H]2[C@H](C(=O)N1/N=C\c1cccc(OCc3ccccc3)c1)[C@H]1C=C[C@H]2C1. The molecule has 0 N–H and O–H groups in total. The van der Waals surface area contributed by atoms with Crippen LogP contribution in [0.3, 0.4) is 0 Å². The van der Waals surface area contributed by atoms with Crippen molar-refractivity contribution < 1.29 is 14.3 Å². The molecule has 0 unspecified atom stereocenters. The molecule has 2 amide bonds. The molecular weight excluding hydrogens is 352 g/mol. The summed E-state index contributed by atoms with van der Waals surface area (Å²) in [6.45, 7) is 0.476. The second-order valence-corrected chi connectivity index (χ2v) is 7.58. The van der Waals surface area contributed by atoms with Gasteiger partial charge in [-0.1, -0.05) is 54.6 Å². The monoisotopic (exact) mass is 372 g/mol. The first-order valence-corrected chi connectivity index (χ1v) is 9.57. The third-order valence-corrected chi connectivity index (χ3v) is 5.88. The molecule has 5 heteroatoms. The molecule has 2 bridgehead atoms. The summed E-state index contributed by atoms with van der Waals surface area (Å²) in [6, 6.07) is 17.4. The van der Waals surface area contributed by atoms with Crippen LogP contribution >= 0.6 is 0 Å². The minimum absolute atomic E-state index is 0.167. The summed E-state index contributed by atoms with van der Waals surface area (Å²) in [5.41, 5.74) is 1.87. The zero-order chi connectivity index (χ0) is 19.1. The molecule has 0 spiro atoms. The van der Waals surface area contributed by atoms with Crippen LogP contribution in [-0.2, 0) is 16.2 Å². The third kappa shape index (κ3) is 2.83. The van der Waals surface area contributed by atoms with Crippen molar-refractivity contribution in [2.45, 2.75) is 13.0 Å². The lowest BCUT2D eigenvalue weighted by molar-refractivity contribution is -0.140. The van der Waals surface area contributed by atoms with Crippen LogP contribution in [0, 0.1) is 23.7 Å². The summed E-state index contributed by atoms with van der Waals surface area (Å²) in [7, 11) is 0. The summed E-state index contributed by atoms with van der Waals surface area (Å²) in [5.74, 6) is 0.327. The number of carbonyl (C=O) groups is 2. The largest absolute Gasteiger partial charge is 0.489 e. The molecule has 2 aliphatic carbocycles. The number of nitrogens with zero attached hydrogens (tertiary/aromatic N) is 2. The van der Waals surface area contributed by atoms with E-state index in [0.29, 0.717) is 12.4 Å². The van der Waals surface area contributed by atoms with Crippen LogP contribution < -0.4 is 4.74 Å². The molecule has 4 atom stereocenters. The lowest BCUT2D eigenvalue weighted by atomic mass is 9.85. The molecule has 1 saturated heterocycles. The third-order valence-electron chi connectivity index (χ3n) is 5.88. The molecule has 1 heterocycles. The number of hydrogen-bond acceptors (Lipinski definition) is 4. The van der Waals surface area contributed by atoms with E-state index in [-0.39, 0.29) is 35.5 Å². The van der Waals surface area contributed by atoms with Gasteiger partial charge in [-0.25, -0.2) is 0 Å². The zero-order valence-electron chi connectivity index (χ0n) is 15.3. The minimum Gasteiger partial charge on any atom is -0.489 e. The van der Waals surface area contributed by atoms with Crippen molar-refractivity contribution in [1.82, 2.24) is 5.01 Å². The van der Waals surface area contributed by atoms with Gasteiger partial charge in [0.25, 0.3) is 11.8 Å². The number of imide groups is 1. The average Bonchev–Trinajstić information content (AvgIpc) is 3.40. The van der Waals surface area contributed by atoms with Crippen molar-refractivity contribution in [1.29, 1.82) is 0 Å². The van der Waals surface area contributed by atoms with Crippen LogP contribution in [-0.4, -0.2) is 23.0 Å². The topological polar surface area (TPSA) is 59.0 Å². The Bertz CT molecular complexity index is 952. The Kier molecular flexibility index (Phi) is 4.08. The Labute approximate surface area is 163 Å². The fourth-order valence-corrected chi connectivity index (χ4v) is 4.55. The highest BCUT2D eigenvalue weighted by Gasteiger charge is 2.59. The first-order chi connectivity index (χ1) is 13.7. The van der Waals surface area contributed by atoms with Gasteiger partial charge in [-0.2, -0.15) is 10.1 Å². The summed E-state index contributed by atoms with van der Waals surface area (Å²) in [4.78, 5) is 25.3. The summed E-state index contributed by atoms with van der Waals surface area (Å²) in [5, 5.41) is 5.29. The predicted octanol–water partition coefficient (Wildman–Crippen LogP) is 3.41. The number of ether oxygens (including phenoxy) is 1. The van der Waals surface area contributed by atoms with Crippen LogP contribution in [0.5, 0.6) is 5.75 Å². The van der Waals surface area contributed by atoms with Gasteiger partial charge in [-0.05, 0) is 41.5 Å². The average molecular weight is 372 g/mol. The molecule has 0 radical (unpaired) electrons. The predicted molar refractivity (Wildman–Crippen MR) is 104 cm³/mol. The Morgan fingerprint density at radius 1 is 0.964 bits per heavy atom. The molecule has 28 heavy (non-hydrogen) atoms. The molecular formula is C23H20N2O3. The number of amides is 2. The van der Waals surface area contributed by atoms with Crippen molar-refractivity contribution in [3.8, 4) is 5.75 Å². The maximum absolute atomic E-state index is 12.7. The Morgan fingerprint density at radius 2 is 1.68 bits per heavy atom. The van der Waals surface area contributed by atoms with Gasteiger partial charge < -0.3 is 4.74 Å². The van der Waals surface area contributed by atoms with Gasteiger partial charge >= 0.3 is 0 Å². The molecule has 1 saturated carbocycles. The molecule has 3 aliphatic rings. The molecule has 1 aliphatic heterocycles. The molecule has 2 aromatic rings. The van der Waals surface area contributed by atoms with Crippen molar-refractivity contribution in [2.75, 3.05) is 0 Å². The number of rotatable bonds is 5. The minimum atomic E-state index is -0.222. The van der Waals surface area contributed by atoms with Gasteiger partial charge in [0.15, 0.2) is 0 Å². The van der Waals surface area contributed by atoms with Gasteiger partial charge in [-0.3, -0.25) is 9.59 Å². The van der Waals surface area contributed by atoms with E-state index in [0.717, 1.165) is 22.6 Å². The Balaban J connectivity index is 1.28. The lowest BCUT2D eigenvalue weighted by Gasteiger charge is -2.13. The van der Waals surface area contributed by atoms with Crippen LogP contribution in [0.15, 0.2) is 71.9 Å². The lowest BCUT2D eigenvalue weighted by Crippen LogP contribution is -2.28. The van der Waals surface area contributed by atoms with Gasteiger partial charge in [0.1, 0.15) is 12.4 Å². The maximum Gasteiger partial charge on any atom is 0.254 e. The summed E-state index contributed by atoms with van der Waals surface area (Å²) in [6.07, 6.45) is 6.64. The fourth-order valence-electron chi connectivity index (χ4n) is 4.55. The Hall–Kier alpha value is -3.21. The van der Waals surface area contributed by atoms with Gasteiger partial charge in [0, 0.05) is 0 Å². The summed E-state index contributed by atoms with van der Waals surface area (Å²) < 4.78 is 5.83. The van der Waals surface area contributed by atoms with E-state index in [1.54, 1.807) is 6.21 Å². The summed E-state index contributed by atoms with van der Waals surface area (Å²) >= 11 is 0. The first kappa shape index (κ1) is 16.9. The second kappa shape index (κ2) is 6.75. The van der Waals surface area contributed by atoms with Crippen molar-refractivity contribution in [3.63, 3.8) is 0 Å².